The molecule has 1 aliphatic carbocycles. The Morgan fingerprint density at radius 1 is 1.50 bits per heavy atom. The van der Waals surface area contributed by atoms with Gasteiger partial charge >= 0.3 is 0 Å². The third kappa shape index (κ3) is 5.25. The minimum absolute atomic E-state index is 0.354. The lowest BCUT2D eigenvalue weighted by Crippen LogP contribution is -2.35. The number of aliphatic hydroxyl groups excluding tert-OH is 1. The molecule has 1 saturated carbocycles. The smallest absolute Gasteiger partial charge is 0.216 e. The molecule has 1 aliphatic rings. The van der Waals surface area contributed by atoms with Gasteiger partial charge in [-0.1, -0.05) is 0 Å². The summed E-state index contributed by atoms with van der Waals surface area (Å²) in [6, 6.07) is 0. The van der Waals surface area contributed by atoms with Crippen molar-refractivity contribution >= 4 is 10.0 Å². The van der Waals surface area contributed by atoms with E-state index >= 15 is 0 Å². The normalized spacial score (nSPS) is 18.6. The Hall–Kier alpha value is -0.170. The zero-order chi connectivity index (χ0) is 12.0. The largest absolute Gasteiger partial charge is 0.395 e. The molecule has 0 bridgehead atoms. The maximum absolute atomic E-state index is 11.4. The Bertz CT molecular complexity index is 287. The molecule has 96 valence electrons. The van der Waals surface area contributed by atoms with Crippen LogP contribution in [0.4, 0.5) is 0 Å². The predicted molar refractivity (Wildman–Crippen MR) is 61.6 cm³/mol. The molecule has 5 nitrogen and oxygen atoms in total. The zero-order valence-electron chi connectivity index (χ0n) is 9.68. The van der Waals surface area contributed by atoms with E-state index in [4.69, 9.17) is 9.84 Å². The SMILES string of the molecule is CC(CO)S(=O)(=O)NCCCOCC1CC1. The molecular formula is C10H21NO4S. The highest BCUT2D eigenvalue weighted by molar-refractivity contribution is 7.90. The van der Waals surface area contributed by atoms with E-state index in [9.17, 15) is 8.42 Å². The highest BCUT2D eigenvalue weighted by Crippen LogP contribution is 2.28. The van der Waals surface area contributed by atoms with E-state index in [1.54, 1.807) is 0 Å². The highest BCUT2D eigenvalue weighted by atomic mass is 32.2. The van der Waals surface area contributed by atoms with Crippen LogP contribution in [0.5, 0.6) is 0 Å². The number of sulfonamides is 1. The molecule has 2 N–H and O–H groups in total. The van der Waals surface area contributed by atoms with Crippen molar-refractivity contribution in [2.24, 2.45) is 5.92 Å². The van der Waals surface area contributed by atoms with Gasteiger partial charge in [0, 0.05) is 19.8 Å². The standard InChI is InChI=1S/C10H21NO4S/c1-9(7-12)16(13,14)11-5-2-6-15-8-10-3-4-10/h9-12H,2-8H2,1H3. The number of aliphatic hydroxyl groups is 1. The van der Waals surface area contributed by atoms with E-state index < -0.39 is 15.3 Å². The van der Waals surface area contributed by atoms with Gasteiger partial charge in [-0.3, -0.25) is 0 Å². The van der Waals surface area contributed by atoms with Crippen molar-refractivity contribution in [3.63, 3.8) is 0 Å². The number of rotatable bonds is 9. The molecule has 0 spiro atoms. The van der Waals surface area contributed by atoms with E-state index in [1.165, 1.54) is 19.8 Å². The third-order valence-corrected chi connectivity index (χ3v) is 4.42. The first-order valence-electron chi connectivity index (χ1n) is 5.73. The van der Waals surface area contributed by atoms with E-state index in [2.05, 4.69) is 4.72 Å². The molecular weight excluding hydrogens is 230 g/mol. The molecule has 6 heteroatoms. The van der Waals surface area contributed by atoms with Crippen molar-refractivity contribution in [2.75, 3.05) is 26.4 Å². The summed E-state index contributed by atoms with van der Waals surface area (Å²) in [4.78, 5) is 0. The van der Waals surface area contributed by atoms with Crippen LogP contribution in [0.15, 0.2) is 0 Å². The second kappa shape index (κ2) is 6.54. The van der Waals surface area contributed by atoms with E-state index in [0.717, 1.165) is 12.5 Å². The van der Waals surface area contributed by atoms with E-state index in [1.807, 2.05) is 0 Å². The lowest BCUT2D eigenvalue weighted by Gasteiger charge is -2.11. The Morgan fingerprint density at radius 3 is 2.75 bits per heavy atom. The maximum Gasteiger partial charge on any atom is 0.216 e. The monoisotopic (exact) mass is 251 g/mol. The average molecular weight is 251 g/mol. The van der Waals surface area contributed by atoms with Crippen LogP contribution >= 0.6 is 0 Å². The first kappa shape index (κ1) is 13.9. The summed E-state index contributed by atoms with van der Waals surface area (Å²) in [7, 11) is -3.36. The van der Waals surface area contributed by atoms with Crippen LogP contribution in [-0.2, 0) is 14.8 Å². The molecule has 0 heterocycles. The summed E-state index contributed by atoms with van der Waals surface area (Å²) in [6.07, 6.45) is 3.20. The van der Waals surface area contributed by atoms with Gasteiger partial charge in [-0.2, -0.15) is 0 Å². The quantitative estimate of drug-likeness (QED) is 0.570. The van der Waals surface area contributed by atoms with E-state index in [-0.39, 0.29) is 6.61 Å². The van der Waals surface area contributed by atoms with Crippen LogP contribution in [0.25, 0.3) is 0 Å². The topological polar surface area (TPSA) is 75.6 Å². The summed E-state index contributed by atoms with van der Waals surface area (Å²) in [5.41, 5.74) is 0. The lowest BCUT2D eigenvalue weighted by molar-refractivity contribution is 0.123. The number of nitrogens with one attached hydrogen (secondary N) is 1. The molecule has 1 atom stereocenters. The minimum Gasteiger partial charge on any atom is -0.395 e. The zero-order valence-corrected chi connectivity index (χ0v) is 10.5. The number of hydrogen-bond donors (Lipinski definition) is 2. The van der Waals surface area contributed by atoms with Crippen molar-refractivity contribution in [3.8, 4) is 0 Å². The van der Waals surface area contributed by atoms with Crippen LogP contribution in [0.3, 0.4) is 0 Å². The number of ether oxygens (including phenoxy) is 1. The molecule has 16 heavy (non-hydrogen) atoms. The third-order valence-electron chi connectivity index (χ3n) is 2.61. The maximum atomic E-state index is 11.4. The van der Waals surface area contributed by atoms with E-state index in [0.29, 0.717) is 19.6 Å². The van der Waals surface area contributed by atoms with Crippen molar-refractivity contribution in [1.29, 1.82) is 0 Å². The molecule has 0 aliphatic heterocycles. The Kier molecular flexibility index (Phi) is 5.68. The van der Waals surface area contributed by atoms with Gasteiger partial charge in [0.25, 0.3) is 0 Å². The van der Waals surface area contributed by atoms with Crippen molar-refractivity contribution in [1.82, 2.24) is 4.72 Å². The van der Waals surface area contributed by atoms with Crippen molar-refractivity contribution in [3.05, 3.63) is 0 Å². The molecule has 1 unspecified atom stereocenters. The Balaban J connectivity index is 2.00. The Morgan fingerprint density at radius 2 is 2.19 bits per heavy atom. The fraction of sp³-hybridized carbons (Fsp3) is 1.00. The molecule has 1 rings (SSSR count). The highest BCUT2D eigenvalue weighted by Gasteiger charge is 2.21. The predicted octanol–water partition coefficient (Wildman–Crippen LogP) is 0.103. The van der Waals surface area contributed by atoms with Gasteiger partial charge in [-0.05, 0) is 32.1 Å². The van der Waals surface area contributed by atoms with Crippen LogP contribution in [0, 0.1) is 5.92 Å². The second-order valence-corrected chi connectivity index (χ2v) is 6.49. The molecule has 0 aromatic heterocycles. The molecule has 0 aromatic rings. The molecule has 0 radical (unpaired) electrons. The first-order valence-corrected chi connectivity index (χ1v) is 7.28. The second-order valence-electron chi connectivity index (χ2n) is 4.30. The summed E-state index contributed by atoms with van der Waals surface area (Å²) in [5, 5.41) is 7.99. The summed E-state index contributed by atoms with van der Waals surface area (Å²) in [5.74, 6) is 0.742. The first-order chi connectivity index (χ1) is 7.56. The fourth-order valence-corrected chi connectivity index (χ4v) is 2.07. The van der Waals surface area contributed by atoms with Crippen LogP contribution < -0.4 is 4.72 Å². The van der Waals surface area contributed by atoms with Gasteiger partial charge in [0.1, 0.15) is 0 Å². The summed E-state index contributed by atoms with van der Waals surface area (Å²) >= 11 is 0. The Labute approximate surface area is 97.2 Å². The molecule has 0 saturated heterocycles. The van der Waals surface area contributed by atoms with Gasteiger partial charge in [0.15, 0.2) is 0 Å². The van der Waals surface area contributed by atoms with Gasteiger partial charge in [-0.15, -0.1) is 0 Å². The van der Waals surface area contributed by atoms with Crippen LogP contribution in [0.1, 0.15) is 26.2 Å². The van der Waals surface area contributed by atoms with Gasteiger partial charge in [-0.25, -0.2) is 13.1 Å². The van der Waals surface area contributed by atoms with Crippen molar-refractivity contribution in [2.45, 2.75) is 31.4 Å². The lowest BCUT2D eigenvalue weighted by atomic mass is 10.4. The van der Waals surface area contributed by atoms with Gasteiger partial charge in [0.05, 0.1) is 11.9 Å². The van der Waals surface area contributed by atoms with Crippen LogP contribution in [-0.4, -0.2) is 45.1 Å². The average Bonchev–Trinajstić information content (AvgIpc) is 3.05. The summed E-state index contributed by atoms with van der Waals surface area (Å²) < 4.78 is 30.6. The van der Waals surface area contributed by atoms with Gasteiger partial charge in [0.2, 0.25) is 10.0 Å². The fourth-order valence-electron chi connectivity index (χ4n) is 1.16. The molecule has 0 amide bonds. The number of hydrogen-bond acceptors (Lipinski definition) is 4. The van der Waals surface area contributed by atoms with Crippen LogP contribution in [0.2, 0.25) is 0 Å². The van der Waals surface area contributed by atoms with Crippen molar-refractivity contribution < 1.29 is 18.3 Å². The van der Waals surface area contributed by atoms with Gasteiger partial charge < -0.3 is 9.84 Å². The minimum atomic E-state index is -3.36. The summed E-state index contributed by atoms with van der Waals surface area (Å²) in [6.45, 7) is 2.89. The molecule has 1 fully saturated rings. The molecule has 0 aromatic carbocycles.